The molecule has 0 saturated carbocycles. The van der Waals surface area contributed by atoms with Gasteiger partial charge in [0.2, 0.25) is 0 Å². The van der Waals surface area contributed by atoms with Crippen LogP contribution in [0.5, 0.6) is 0 Å². The van der Waals surface area contributed by atoms with Crippen LogP contribution in [0.3, 0.4) is 0 Å². The van der Waals surface area contributed by atoms with Gasteiger partial charge in [0.15, 0.2) is 0 Å². The van der Waals surface area contributed by atoms with Crippen LogP contribution in [0.25, 0.3) is 10.8 Å². The molecule has 0 nitrogen and oxygen atoms in total. The molecule has 0 aliphatic carbocycles. The maximum absolute atomic E-state index is 4.26. The summed E-state index contributed by atoms with van der Waals surface area (Å²) in [6.45, 7) is 0. The fourth-order valence-corrected chi connectivity index (χ4v) is 1.39. The minimum atomic E-state index is 0. The predicted octanol–water partition coefficient (Wildman–Crippen LogP) is 2.48. The van der Waals surface area contributed by atoms with Crippen LogP contribution in [0.1, 0.15) is 0 Å². The Morgan fingerprint density at radius 1 is 0.833 bits per heavy atom. The number of fused-ring (bicyclic) bond motifs is 1. The van der Waals surface area contributed by atoms with Crippen molar-refractivity contribution in [2.75, 3.05) is 0 Å². The molecule has 0 unspecified atom stereocenters. The third-order valence-electron chi connectivity index (χ3n) is 1.73. The van der Waals surface area contributed by atoms with Crippen LogP contribution in [-0.4, -0.2) is 29.6 Å². The van der Waals surface area contributed by atoms with E-state index in [0.717, 1.165) is 4.90 Å². The van der Waals surface area contributed by atoms with Crippen LogP contribution in [0, 0.1) is 0 Å². The van der Waals surface area contributed by atoms with Gasteiger partial charge >= 0.3 is 29.6 Å². The Balaban J connectivity index is 0.000000720. The van der Waals surface area contributed by atoms with E-state index in [1.165, 1.54) is 10.8 Å². The van der Waals surface area contributed by atoms with E-state index in [4.69, 9.17) is 0 Å². The van der Waals surface area contributed by atoms with Gasteiger partial charge in [-0.25, -0.2) is 0 Å². The Morgan fingerprint density at radius 3 is 2.25 bits per heavy atom. The summed E-state index contributed by atoms with van der Waals surface area (Å²) in [6, 6.07) is 14.4. The monoisotopic (exact) mass is 184 g/mol. The number of hydrogen-bond donors (Lipinski definition) is 1. The molecule has 0 N–H and O–H groups in total. The second-order valence-electron chi connectivity index (χ2n) is 2.53. The van der Waals surface area contributed by atoms with Crippen molar-refractivity contribution in [1.29, 1.82) is 0 Å². The first-order valence-electron chi connectivity index (χ1n) is 3.54. The standard InChI is InChI=1S/C10H8S.Na.H/c11-10-6-5-8-3-1-2-4-9(8)7-10;;/h1-7,11H;;. The van der Waals surface area contributed by atoms with Gasteiger partial charge in [0, 0.05) is 4.90 Å². The first kappa shape index (κ1) is 10.1. The summed E-state index contributed by atoms with van der Waals surface area (Å²) < 4.78 is 0. The summed E-state index contributed by atoms with van der Waals surface area (Å²) in [5, 5.41) is 2.52. The normalized spacial score (nSPS) is 9.42. The Kier molecular flexibility index (Phi) is 3.66. The molecule has 0 amide bonds. The van der Waals surface area contributed by atoms with E-state index in [9.17, 15) is 0 Å². The molecular weight excluding hydrogens is 175 g/mol. The van der Waals surface area contributed by atoms with Crippen molar-refractivity contribution in [3.8, 4) is 0 Å². The Hall–Kier alpha value is 0.0500. The van der Waals surface area contributed by atoms with Crippen molar-refractivity contribution in [1.82, 2.24) is 0 Å². The molecule has 0 radical (unpaired) electrons. The van der Waals surface area contributed by atoms with Crippen LogP contribution >= 0.6 is 12.6 Å². The van der Waals surface area contributed by atoms with Crippen molar-refractivity contribution in [3.63, 3.8) is 0 Å². The number of thiol groups is 1. The van der Waals surface area contributed by atoms with Gasteiger partial charge in [-0.3, -0.25) is 0 Å². The molecule has 0 saturated heterocycles. The van der Waals surface area contributed by atoms with E-state index in [-0.39, 0.29) is 29.6 Å². The summed E-state index contributed by atoms with van der Waals surface area (Å²) in [5.41, 5.74) is 0. The molecule has 2 heteroatoms. The molecule has 0 atom stereocenters. The molecule has 2 aromatic rings. The Labute approximate surface area is 99.7 Å². The van der Waals surface area contributed by atoms with E-state index in [1.54, 1.807) is 0 Å². The fraction of sp³-hybridized carbons (Fsp3) is 0. The molecule has 2 rings (SSSR count). The van der Waals surface area contributed by atoms with Gasteiger partial charge in [-0.05, 0) is 22.9 Å². The van der Waals surface area contributed by atoms with E-state index < -0.39 is 0 Å². The van der Waals surface area contributed by atoms with Gasteiger partial charge in [-0.15, -0.1) is 12.6 Å². The van der Waals surface area contributed by atoms with Crippen LogP contribution < -0.4 is 0 Å². The second kappa shape index (κ2) is 4.33. The SMILES string of the molecule is Sc1ccc2ccccc2c1.[NaH]. The quantitative estimate of drug-likeness (QED) is 0.472. The van der Waals surface area contributed by atoms with E-state index in [2.05, 4.69) is 36.9 Å². The summed E-state index contributed by atoms with van der Waals surface area (Å²) in [4.78, 5) is 1.02. The Bertz CT molecular complexity index is 384. The molecule has 0 spiro atoms. The summed E-state index contributed by atoms with van der Waals surface area (Å²) in [5.74, 6) is 0. The molecule has 0 aliphatic rings. The van der Waals surface area contributed by atoms with E-state index in [1.807, 2.05) is 18.2 Å². The maximum atomic E-state index is 4.26. The predicted molar refractivity (Wildman–Crippen MR) is 58.3 cm³/mol. The van der Waals surface area contributed by atoms with Gasteiger partial charge in [-0.1, -0.05) is 30.3 Å². The van der Waals surface area contributed by atoms with E-state index >= 15 is 0 Å². The van der Waals surface area contributed by atoms with Crippen molar-refractivity contribution < 1.29 is 0 Å². The molecule has 2 aromatic carbocycles. The van der Waals surface area contributed by atoms with Crippen LogP contribution in [0.2, 0.25) is 0 Å². The minimum absolute atomic E-state index is 0. The molecule has 0 fully saturated rings. The average molecular weight is 184 g/mol. The third-order valence-corrected chi connectivity index (χ3v) is 2.01. The van der Waals surface area contributed by atoms with Crippen LogP contribution in [0.4, 0.5) is 0 Å². The second-order valence-corrected chi connectivity index (χ2v) is 3.05. The van der Waals surface area contributed by atoms with Gasteiger partial charge in [0.05, 0.1) is 0 Å². The van der Waals surface area contributed by atoms with Gasteiger partial charge < -0.3 is 0 Å². The van der Waals surface area contributed by atoms with E-state index in [0.29, 0.717) is 0 Å². The molecule has 0 heterocycles. The topological polar surface area (TPSA) is 0 Å². The molecule has 12 heavy (non-hydrogen) atoms. The fourth-order valence-electron chi connectivity index (χ4n) is 1.18. The summed E-state index contributed by atoms with van der Waals surface area (Å²) >= 11 is 4.26. The van der Waals surface area contributed by atoms with Crippen LogP contribution in [-0.2, 0) is 0 Å². The van der Waals surface area contributed by atoms with Crippen molar-refractivity contribution in [3.05, 3.63) is 42.5 Å². The van der Waals surface area contributed by atoms with Crippen molar-refractivity contribution >= 4 is 53.0 Å². The summed E-state index contributed by atoms with van der Waals surface area (Å²) in [7, 11) is 0. The van der Waals surface area contributed by atoms with Crippen molar-refractivity contribution in [2.24, 2.45) is 0 Å². The summed E-state index contributed by atoms with van der Waals surface area (Å²) in [6.07, 6.45) is 0. The van der Waals surface area contributed by atoms with Gasteiger partial charge in [0.1, 0.15) is 0 Å². The number of hydrogen-bond acceptors (Lipinski definition) is 1. The van der Waals surface area contributed by atoms with Gasteiger partial charge in [-0.2, -0.15) is 0 Å². The number of benzene rings is 2. The average Bonchev–Trinajstić information content (AvgIpc) is 2.04. The third kappa shape index (κ3) is 2.05. The molecule has 0 aromatic heterocycles. The molecule has 0 aliphatic heterocycles. The molecule has 0 bridgehead atoms. The van der Waals surface area contributed by atoms with Gasteiger partial charge in [0.25, 0.3) is 0 Å². The first-order chi connectivity index (χ1) is 5.36. The Morgan fingerprint density at radius 2 is 1.50 bits per heavy atom. The number of rotatable bonds is 0. The van der Waals surface area contributed by atoms with Crippen molar-refractivity contribution in [2.45, 2.75) is 4.90 Å². The zero-order chi connectivity index (χ0) is 7.68. The zero-order valence-electron chi connectivity index (χ0n) is 5.99. The van der Waals surface area contributed by atoms with Crippen LogP contribution in [0.15, 0.2) is 47.4 Å². The molecule has 56 valence electrons. The zero-order valence-corrected chi connectivity index (χ0v) is 6.88. The molecular formula is C10H9NaS. The first-order valence-corrected chi connectivity index (χ1v) is 3.99.